The molecular formula is C20H20N2O3S. The molecule has 1 atom stereocenters. The minimum atomic E-state index is -0.561. The van der Waals surface area contributed by atoms with E-state index in [4.69, 9.17) is 10.5 Å². The molecule has 5 nitrogen and oxygen atoms in total. The van der Waals surface area contributed by atoms with Gasteiger partial charge < -0.3 is 20.5 Å². The number of hydrogen-bond acceptors (Lipinski definition) is 5. The molecule has 4 rings (SSSR count). The molecule has 1 aliphatic heterocycles. The number of amides is 1. The second-order valence-electron chi connectivity index (χ2n) is 6.53. The van der Waals surface area contributed by atoms with Gasteiger partial charge in [0.15, 0.2) is 11.5 Å². The Hall–Kier alpha value is -2.57. The lowest BCUT2D eigenvalue weighted by molar-refractivity contribution is -0.132. The number of aromatic hydroxyl groups is 1. The fourth-order valence-corrected chi connectivity index (χ4v) is 4.30. The van der Waals surface area contributed by atoms with E-state index in [0.717, 1.165) is 22.1 Å². The van der Waals surface area contributed by atoms with Crippen LogP contribution in [-0.4, -0.2) is 35.1 Å². The second kappa shape index (κ2) is 6.63. The highest BCUT2D eigenvalue weighted by molar-refractivity contribution is 7.17. The zero-order chi connectivity index (χ0) is 18.3. The Morgan fingerprint density at radius 3 is 2.96 bits per heavy atom. The lowest BCUT2D eigenvalue weighted by Crippen LogP contribution is -2.42. The van der Waals surface area contributed by atoms with Gasteiger partial charge in [0.25, 0.3) is 0 Å². The first-order valence-corrected chi connectivity index (χ1v) is 9.42. The van der Waals surface area contributed by atoms with Gasteiger partial charge in [-0.3, -0.25) is 4.79 Å². The first-order chi connectivity index (χ1) is 12.5. The number of carbonyl (C=O) groups is 1. The number of fused-ring (bicyclic) bond motifs is 2. The van der Waals surface area contributed by atoms with Crippen LogP contribution in [-0.2, 0) is 11.3 Å². The molecule has 26 heavy (non-hydrogen) atoms. The third-order valence-corrected chi connectivity index (χ3v) is 5.57. The first kappa shape index (κ1) is 16.9. The summed E-state index contributed by atoms with van der Waals surface area (Å²) in [6.07, 6.45) is 0. The number of hydrogen-bond donors (Lipinski definition) is 2. The number of nitrogens with two attached hydrogens (primary N) is 1. The maximum atomic E-state index is 12.3. The highest BCUT2D eigenvalue weighted by Crippen LogP contribution is 2.41. The molecule has 0 saturated carbocycles. The van der Waals surface area contributed by atoms with Gasteiger partial charge in [0.1, 0.15) is 6.61 Å². The van der Waals surface area contributed by atoms with Crippen molar-refractivity contribution in [2.75, 3.05) is 13.2 Å². The smallest absolute Gasteiger partial charge is 0.239 e. The van der Waals surface area contributed by atoms with Crippen LogP contribution in [0, 0.1) is 0 Å². The van der Waals surface area contributed by atoms with E-state index in [1.807, 2.05) is 18.2 Å². The van der Waals surface area contributed by atoms with Crippen molar-refractivity contribution in [3.05, 3.63) is 47.3 Å². The summed E-state index contributed by atoms with van der Waals surface area (Å²) in [7, 11) is 0. The lowest BCUT2D eigenvalue weighted by Gasteiger charge is -2.22. The van der Waals surface area contributed by atoms with Gasteiger partial charge in [0.05, 0.1) is 12.6 Å². The predicted octanol–water partition coefficient (Wildman–Crippen LogP) is 3.34. The number of rotatable bonds is 2. The number of ether oxygens (including phenoxy) is 1. The molecule has 0 fully saturated rings. The van der Waals surface area contributed by atoms with Crippen molar-refractivity contribution in [2.45, 2.75) is 19.5 Å². The van der Waals surface area contributed by atoms with Crippen molar-refractivity contribution in [1.29, 1.82) is 0 Å². The molecule has 2 heterocycles. The zero-order valence-corrected chi connectivity index (χ0v) is 15.3. The van der Waals surface area contributed by atoms with Crippen LogP contribution in [0.25, 0.3) is 21.2 Å². The minimum Gasteiger partial charge on any atom is -0.504 e. The van der Waals surface area contributed by atoms with E-state index in [-0.39, 0.29) is 11.7 Å². The number of phenols is 1. The lowest BCUT2D eigenvalue weighted by atomic mass is 10.0. The summed E-state index contributed by atoms with van der Waals surface area (Å²) in [4.78, 5) is 14.0. The monoisotopic (exact) mass is 368 g/mol. The van der Waals surface area contributed by atoms with Crippen molar-refractivity contribution < 1.29 is 14.6 Å². The normalized spacial score (nSPS) is 15.2. The van der Waals surface area contributed by atoms with Crippen LogP contribution in [0.2, 0.25) is 0 Å². The van der Waals surface area contributed by atoms with Crippen molar-refractivity contribution >= 4 is 27.3 Å². The van der Waals surface area contributed by atoms with E-state index in [0.29, 0.717) is 25.4 Å². The fourth-order valence-electron chi connectivity index (χ4n) is 3.33. The second-order valence-corrected chi connectivity index (χ2v) is 7.44. The van der Waals surface area contributed by atoms with Crippen LogP contribution in [0.15, 0.2) is 41.8 Å². The van der Waals surface area contributed by atoms with Gasteiger partial charge in [0, 0.05) is 27.8 Å². The third-order valence-electron chi connectivity index (χ3n) is 4.61. The Morgan fingerprint density at radius 1 is 1.35 bits per heavy atom. The van der Waals surface area contributed by atoms with Gasteiger partial charge in [-0.1, -0.05) is 18.2 Å². The summed E-state index contributed by atoms with van der Waals surface area (Å²) < 4.78 is 6.91. The van der Waals surface area contributed by atoms with Crippen LogP contribution >= 0.6 is 11.3 Å². The maximum Gasteiger partial charge on any atom is 0.239 e. The van der Waals surface area contributed by atoms with Crippen molar-refractivity contribution in [3.8, 4) is 22.6 Å². The molecule has 3 N–H and O–H groups in total. The summed E-state index contributed by atoms with van der Waals surface area (Å²) in [5.74, 6) is 0.434. The van der Waals surface area contributed by atoms with E-state index >= 15 is 0 Å². The Kier molecular flexibility index (Phi) is 4.30. The average molecular weight is 368 g/mol. The number of carbonyl (C=O) groups excluding carboxylic acids is 1. The van der Waals surface area contributed by atoms with Crippen LogP contribution in [0.4, 0.5) is 0 Å². The van der Waals surface area contributed by atoms with Gasteiger partial charge in [-0.25, -0.2) is 0 Å². The first-order valence-electron chi connectivity index (χ1n) is 8.54. The third kappa shape index (κ3) is 2.91. The molecule has 1 amide bonds. The predicted molar refractivity (Wildman–Crippen MR) is 103 cm³/mol. The quantitative estimate of drug-likeness (QED) is 0.727. The number of benzene rings is 2. The largest absolute Gasteiger partial charge is 0.504 e. The van der Waals surface area contributed by atoms with E-state index in [1.54, 1.807) is 29.2 Å². The highest BCUT2D eigenvalue weighted by atomic mass is 32.1. The Labute approximate surface area is 155 Å². The van der Waals surface area contributed by atoms with Crippen molar-refractivity contribution in [3.63, 3.8) is 0 Å². The molecule has 0 aliphatic carbocycles. The summed E-state index contributed by atoms with van der Waals surface area (Å²) in [5, 5.41) is 13.8. The molecule has 1 aliphatic rings. The molecule has 0 spiro atoms. The highest BCUT2D eigenvalue weighted by Gasteiger charge is 2.24. The molecule has 0 bridgehead atoms. The molecule has 134 valence electrons. The van der Waals surface area contributed by atoms with Gasteiger partial charge in [0.2, 0.25) is 5.91 Å². The van der Waals surface area contributed by atoms with Crippen LogP contribution in [0.3, 0.4) is 0 Å². The Bertz CT molecular complexity index is 980. The molecule has 0 unspecified atom stereocenters. The van der Waals surface area contributed by atoms with Gasteiger partial charge in [-0.05, 0) is 36.1 Å². The van der Waals surface area contributed by atoms with Crippen LogP contribution < -0.4 is 10.5 Å². The average Bonchev–Trinajstić information content (AvgIpc) is 2.93. The summed E-state index contributed by atoms with van der Waals surface area (Å²) in [5.41, 5.74) is 8.53. The Balaban J connectivity index is 1.78. The maximum absolute atomic E-state index is 12.3. The van der Waals surface area contributed by atoms with Gasteiger partial charge >= 0.3 is 0 Å². The van der Waals surface area contributed by atoms with E-state index in [2.05, 4.69) is 17.5 Å². The van der Waals surface area contributed by atoms with E-state index in [1.165, 1.54) is 4.70 Å². The molecule has 2 aromatic carbocycles. The molecule has 6 heteroatoms. The number of nitrogens with zero attached hydrogens (tertiary/aromatic N) is 1. The summed E-state index contributed by atoms with van der Waals surface area (Å²) in [6, 6.07) is 11.4. The molecular weight excluding hydrogens is 348 g/mol. The summed E-state index contributed by atoms with van der Waals surface area (Å²) in [6.45, 7) is 2.84. The topological polar surface area (TPSA) is 75.8 Å². The Morgan fingerprint density at radius 2 is 2.15 bits per heavy atom. The van der Waals surface area contributed by atoms with Crippen molar-refractivity contribution in [2.24, 2.45) is 5.73 Å². The van der Waals surface area contributed by atoms with Crippen molar-refractivity contribution in [1.82, 2.24) is 4.90 Å². The number of phenolic OH excluding ortho intramolecular Hbond substituents is 1. The number of thiophene rings is 1. The standard InChI is InChI=1S/C20H20N2O3S/c1-12(21)20(24)22-6-7-25-19-14(10-22)8-13(9-17(19)23)16-11-26-18-5-3-2-4-15(16)18/h2-5,8-9,11-12,23H,6-7,10,21H2,1H3/t12-/m1/s1. The van der Waals surface area contributed by atoms with E-state index in [9.17, 15) is 9.90 Å². The minimum absolute atomic E-state index is 0.0999. The molecule has 0 radical (unpaired) electrons. The SMILES string of the molecule is C[C@@H](N)C(=O)N1CCOc2c(O)cc(-c3csc4ccccc34)cc2C1. The van der Waals surface area contributed by atoms with Crippen LogP contribution in [0.5, 0.6) is 11.5 Å². The molecule has 3 aromatic rings. The van der Waals surface area contributed by atoms with Gasteiger partial charge in [-0.15, -0.1) is 11.3 Å². The zero-order valence-electron chi connectivity index (χ0n) is 14.4. The van der Waals surface area contributed by atoms with Gasteiger partial charge in [-0.2, -0.15) is 0 Å². The fraction of sp³-hybridized carbons (Fsp3) is 0.250. The summed E-state index contributed by atoms with van der Waals surface area (Å²) >= 11 is 1.67. The molecule has 0 saturated heterocycles. The molecule has 1 aromatic heterocycles. The van der Waals surface area contributed by atoms with Crippen LogP contribution in [0.1, 0.15) is 12.5 Å². The van der Waals surface area contributed by atoms with E-state index < -0.39 is 6.04 Å².